The summed E-state index contributed by atoms with van der Waals surface area (Å²) in [6.07, 6.45) is 3.21. The molecule has 0 spiro atoms. The van der Waals surface area contributed by atoms with Gasteiger partial charge in [0.2, 0.25) is 0 Å². The molecule has 88 valence electrons. The van der Waals surface area contributed by atoms with E-state index in [-0.39, 0.29) is 12.1 Å². The van der Waals surface area contributed by atoms with Gasteiger partial charge in [-0.1, -0.05) is 0 Å². The van der Waals surface area contributed by atoms with Gasteiger partial charge in [0.1, 0.15) is 0 Å². The molecule has 2 rings (SSSR count). The van der Waals surface area contributed by atoms with Crippen molar-refractivity contribution >= 4 is 0 Å². The summed E-state index contributed by atoms with van der Waals surface area (Å²) in [7, 11) is 0. The van der Waals surface area contributed by atoms with Crippen molar-refractivity contribution in [1.82, 2.24) is 15.2 Å². The number of aliphatic hydroxyl groups is 1. The summed E-state index contributed by atoms with van der Waals surface area (Å²) in [6, 6.07) is 4.06. The molecule has 1 aliphatic heterocycles. The van der Waals surface area contributed by atoms with Crippen molar-refractivity contribution in [2.24, 2.45) is 0 Å². The number of rotatable bonds is 3. The van der Waals surface area contributed by atoms with Crippen LogP contribution in [0.2, 0.25) is 0 Å². The molecule has 0 aliphatic carbocycles. The third-order valence-corrected chi connectivity index (χ3v) is 3.05. The van der Waals surface area contributed by atoms with Gasteiger partial charge in [-0.05, 0) is 24.6 Å². The van der Waals surface area contributed by atoms with Crippen LogP contribution in [0.25, 0.3) is 0 Å². The third kappa shape index (κ3) is 2.58. The van der Waals surface area contributed by atoms with E-state index in [1.165, 1.54) is 0 Å². The minimum Gasteiger partial charge on any atom is -0.391 e. The van der Waals surface area contributed by atoms with Gasteiger partial charge in [-0.15, -0.1) is 0 Å². The van der Waals surface area contributed by atoms with E-state index in [2.05, 4.69) is 15.2 Å². The minimum atomic E-state index is -0.361. The van der Waals surface area contributed by atoms with E-state index in [1.807, 2.05) is 19.1 Å². The Bertz CT molecular complexity index is 309. The number of aromatic nitrogens is 1. The SMILES string of the molecule is CC(O)C(c1ccncc1)N1CCNCC1. The van der Waals surface area contributed by atoms with E-state index in [9.17, 15) is 5.11 Å². The third-order valence-electron chi connectivity index (χ3n) is 3.05. The highest BCUT2D eigenvalue weighted by Crippen LogP contribution is 2.23. The summed E-state index contributed by atoms with van der Waals surface area (Å²) in [6.45, 7) is 5.81. The van der Waals surface area contributed by atoms with Gasteiger partial charge >= 0.3 is 0 Å². The minimum absolute atomic E-state index is 0.0881. The zero-order valence-electron chi connectivity index (χ0n) is 9.63. The molecule has 2 heterocycles. The first kappa shape index (κ1) is 11.5. The predicted octanol–water partition coefficient (Wildman–Crippen LogP) is 0.409. The second kappa shape index (κ2) is 5.39. The van der Waals surface area contributed by atoms with Crippen LogP contribution in [0.5, 0.6) is 0 Å². The van der Waals surface area contributed by atoms with Crippen LogP contribution in [-0.4, -0.2) is 47.3 Å². The lowest BCUT2D eigenvalue weighted by Gasteiger charge is -2.36. The van der Waals surface area contributed by atoms with Crippen LogP contribution < -0.4 is 5.32 Å². The fourth-order valence-electron chi connectivity index (χ4n) is 2.32. The molecule has 0 aromatic carbocycles. The summed E-state index contributed by atoms with van der Waals surface area (Å²) in [5, 5.41) is 13.3. The normalized spacial score (nSPS) is 21.6. The molecule has 0 bridgehead atoms. The van der Waals surface area contributed by atoms with E-state index < -0.39 is 0 Å². The van der Waals surface area contributed by atoms with Crippen molar-refractivity contribution in [3.63, 3.8) is 0 Å². The van der Waals surface area contributed by atoms with E-state index in [0.29, 0.717) is 0 Å². The number of aliphatic hydroxyl groups excluding tert-OH is 1. The maximum Gasteiger partial charge on any atom is 0.0708 e. The molecule has 2 N–H and O–H groups in total. The predicted molar refractivity (Wildman–Crippen MR) is 63.1 cm³/mol. The van der Waals surface area contributed by atoms with Gasteiger partial charge in [-0.3, -0.25) is 9.88 Å². The molecule has 0 saturated carbocycles. The summed E-state index contributed by atoms with van der Waals surface area (Å²) in [5.74, 6) is 0. The molecule has 0 radical (unpaired) electrons. The van der Waals surface area contributed by atoms with Gasteiger partial charge in [0, 0.05) is 38.6 Å². The molecular weight excluding hydrogens is 202 g/mol. The Hall–Kier alpha value is -0.970. The molecule has 2 atom stereocenters. The number of piperazine rings is 1. The monoisotopic (exact) mass is 221 g/mol. The van der Waals surface area contributed by atoms with Crippen LogP contribution in [0.4, 0.5) is 0 Å². The van der Waals surface area contributed by atoms with Gasteiger partial charge in [0.05, 0.1) is 12.1 Å². The van der Waals surface area contributed by atoms with E-state index in [1.54, 1.807) is 12.4 Å². The van der Waals surface area contributed by atoms with E-state index >= 15 is 0 Å². The number of hydrogen-bond acceptors (Lipinski definition) is 4. The Morgan fingerprint density at radius 2 is 1.94 bits per heavy atom. The average Bonchev–Trinajstić information content (AvgIpc) is 2.31. The van der Waals surface area contributed by atoms with Crippen molar-refractivity contribution in [3.8, 4) is 0 Å². The molecule has 4 nitrogen and oxygen atoms in total. The number of pyridine rings is 1. The van der Waals surface area contributed by atoms with Crippen molar-refractivity contribution in [2.45, 2.75) is 19.1 Å². The zero-order valence-corrected chi connectivity index (χ0v) is 9.63. The Labute approximate surface area is 96.3 Å². The van der Waals surface area contributed by atoms with Crippen LogP contribution in [0.1, 0.15) is 18.5 Å². The first-order chi connectivity index (χ1) is 7.79. The molecule has 1 aromatic heterocycles. The second-order valence-electron chi connectivity index (χ2n) is 4.25. The summed E-state index contributed by atoms with van der Waals surface area (Å²) >= 11 is 0. The first-order valence-electron chi connectivity index (χ1n) is 5.82. The Morgan fingerprint density at radius 1 is 1.31 bits per heavy atom. The molecule has 16 heavy (non-hydrogen) atoms. The molecule has 1 saturated heterocycles. The molecule has 2 unspecified atom stereocenters. The van der Waals surface area contributed by atoms with Crippen LogP contribution in [0, 0.1) is 0 Å². The average molecular weight is 221 g/mol. The Morgan fingerprint density at radius 3 is 2.50 bits per heavy atom. The summed E-state index contributed by atoms with van der Waals surface area (Å²) in [4.78, 5) is 6.35. The van der Waals surface area contributed by atoms with Gasteiger partial charge < -0.3 is 10.4 Å². The highest BCUT2D eigenvalue weighted by molar-refractivity contribution is 5.16. The van der Waals surface area contributed by atoms with Gasteiger partial charge in [0.25, 0.3) is 0 Å². The lowest BCUT2D eigenvalue weighted by molar-refractivity contribution is 0.0525. The molecular formula is C12H19N3O. The number of nitrogens with zero attached hydrogens (tertiary/aromatic N) is 2. The highest BCUT2D eigenvalue weighted by atomic mass is 16.3. The molecule has 0 amide bonds. The lowest BCUT2D eigenvalue weighted by atomic mass is 10.0. The fourth-order valence-corrected chi connectivity index (χ4v) is 2.32. The fraction of sp³-hybridized carbons (Fsp3) is 0.583. The standard InChI is InChI=1S/C12H19N3O/c1-10(16)12(11-2-4-13-5-3-11)15-8-6-14-7-9-15/h2-5,10,12,14,16H,6-9H2,1H3. The maximum atomic E-state index is 9.94. The molecule has 1 aliphatic rings. The summed E-state index contributed by atoms with van der Waals surface area (Å²) in [5.41, 5.74) is 1.15. The quantitative estimate of drug-likeness (QED) is 0.776. The van der Waals surface area contributed by atoms with Crippen molar-refractivity contribution in [1.29, 1.82) is 0 Å². The number of nitrogens with one attached hydrogen (secondary N) is 1. The Kier molecular flexibility index (Phi) is 3.88. The molecule has 1 aromatic rings. The lowest BCUT2D eigenvalue weighted by Crippen LogP contribution is -2.47. The van der Waals surface area contributed by atoms with Crippen LogP contribution in [0.3, 0.4) is 0 Å². The van der Waals surface area contributed by atoms with Crippen molar-refractivity contribution in [2.75, 3.05) is 26.2 Å². The zero-order chi connectivity index (χ0) is 11.4. The van der Waals surface area contributed by atoms with Gasteiger partial charge in [0.15, 0.2) is 0 Å². The largest absolute Gasteiger partial charge is 0.391 e. The second-order valence-corrected chi connectivity index (χ2v) is 4.25. The van der Waals surface area contributed by atoms with E-state index in [4.69, 9.17) is 0 Å². The smallest absolute Gasteiger partial charge is 0.0708 e. The number of hydrogen-bond donors (Lipinski definition) is 2. The van der Waals surface area contributed by atoms with Gasteiger partial charge in [-0.2, -0.15) is 0 Å². The topological polar surface area (TPSA) is 48.4 Å². The molecule has 4 heteroatoms. The van der Waals surface area contributed by atoms with Crippen LogP contribution >= 0.6 is 0 Å². The molecule has 1 fully saturated rings. The van der Waals surface area contributed by atoms with E-state index in [0.717, 1.165) is 31.7 Å². The van der Waals surface area contributed by atoms with Crippen molar-refractivity contribution in [3.05, 3.63) is 30.1 Å². The first-order valence-corrected chi connectivity index (χ1v) is 5.82. The highest BCUT2D eigenvalue weighted by Gasteiger charge is 2.25. The van der Waals surface area contributed by atoms with Crippen LogP contribution in [-0.2, 0) is 0 Å². The maximum absolute atomic E-state index is 9.94. The van der Waals surface area contributed by atoms with Crippen LogP contribution in [0.15, 0.2) is 24.5 Å². The van der Waals surface area contributed by atoms with Crippen molar-refractivity contribution < 1.29 is 5.11 Å². The van der Waals surface area contributed by atoms with Gasteiger partial charge in [-0.25, -0.2) is 0 Å². The Balaban J connectivity index is 2.16. The summed E-state index contributed by atoms with van der Waals surface area (Å²) < 4.78 is 0.